The molecule has 1 spiro atoms. The highest BCUT2D eigenvalue weighted by atomic mass is 35.5. The summed E-state index contributed by atoms with van der Waals surface area (Å²) in [6.45, 7) is 4.81. The van der Waals surface area contributed by atoms with Crippen LogP contribution in [0.5, 0.6) is 5.75 Å². The van der Waals surface area contributed by atoms with E-state index in [-0.39, 0.29) is 11.2 Å². The molecule has 104 valence electrons. The van der Waals surface area contributed by atoms with Crippen molar-refractivity contribution in [3.63, 3.8) is 0 Å². The van der Waals surface area contributed by atoms with E-state index in [1.807, 2.05) is 6.07 Å². The second-order valence-electron chi connectivity index (χ2n) is 6.22. The first-order valence-electron chi connectivity index (χ1n) is 6.70. The highest BCUT2D eigenvalue weighted by molar-refractivity contribution is 6.30. The Morgan fingerprint density at radius 2 is 2.16 bits per heavy atom. The van der Waals surface area contributed by atoms with Crippen molar-refractivity contribution in [3.8, 4) is 5.75 Å². The van der Waals surface area contributed by atoms with Crippen molar-refractivity contribution in [1.29, 1.82) is 0 Å². The van der Waals surface area contributed by atoms with Gasteiger partial charge in [0.25, 0.3) is 0 Å². The molecular formula is C15H19ClO3. The Hall–Kier alpha value is -0.770. The standard InChI is InChI=1S/C15H19ClO3/c1-14(2)9-15(5-6-18-14)8-12(17)11-7-10(16)3-4-13(11)19-15/h3-4,7,12,17H,5-6,8-9H2,1-2H3/t12-,15?/m1/s1. The van der Waals surface area contributed by atoms with Crippen LogP contribution in [-0.4, -0.2) is 22.9 Å². The van der Waals surface area contributed by atoms with E-state index in [4.69, 9.17) is 21.1 Å². The summed E-state index contributed by atoms with van der Waals surface area (Å²) in [5, 5.41) is 11.0. The Labute approximate surface area is 118 Å². The van der Waals surface area contributed by atoms with Gasteiger partial charge in [0.2, 0.25) is 0 Å². The first-order chi connectivity index (χ1) is 8.89. The molecule has 3 rings (SSSR count). The molecule has 0 bridgehead atoms. The maximum Gasteiger partial charge on any atom is 0.126 e. The molecule has 3 nitrogen and oxygen atoms in total. The van der Waals surface area contributed by atoms with E-state index in [0.29, 0.717) is 18.1 Å². The van der Waals surface area contributed by atoms with Crippen LogP contribution in [0.2, 0.25) is 5.02 Å². The monoisotopic (exact) mass is 282 g/mol. The molecular weight excluding hydrogens is 264 g/mol. The van der Waals surface area contributed by atoms with Gasteiger partial charge in [-0.25, -0.2) is 0 Å². The molecule has 0 amide bonds. The summed E-state index contributed by atoms with van der Waals surface area (Å²) in [6, 6.07) is 5.44. The summed E-state index contributed by atoms with van der Waals surface area (Å²) in [5.74, 6) is 0.751. The summed E-state index contributed by atoms with van der Waals surface area (Å²) in [5.41, 5.74) is 0.270. The Bertz CT molecular complexity index is 500. The van der Waals surface area contributed by atoms with E-state index >= 15 is 0 Å². The van der Waals surface area contributed by atoms with E-state index < -0.39 is 6.10 Å². The van der Waals surface area contributed by atoms with Gasteiger partial charge in [0, 0.05) is 29.8 Å². The number of aliphatic hydroxyl groups is 1. The van der Waals surface area contributed by atoms with Gasteiger partial charge in [-0.3, -0.25) is 0 Å². The van der Waals surface area contributed by atoms with Gasteiger partial charge in [-0.05, 0) is 32.0 Å². The number of halogens is 1. The molecule has 1 aromatic carbocycles. The van der Waals surface area contributed by atoms with E-state index in [1.54, 1.807) is 12.1 Å². The van der Waals surface area contributed by atoms with E-state index in [1.165, 1.54) is 0 Å². The van der Waals surface area contributed by atoms with Crippen LogP contribution >= 0.6 is 11.6 Å². The lowest BCUT2D eigenvalue weighted by Crippen LogP contribution is -2.51. The summed E-state index contributed by atoms with van der Waals surface area (Å²) < 4.78 is 12.0. The number of hydrogen-bond donors (Lipinski definition) is 1. The Balaban J connectivity index is 1.94. The minimum Gasteiger partial charge on any atom is -0.487 e. The molecule has 1 N–H and O–H groups in total. The van der Waals surface area contributed by atoms with E-state index in [9.17, 15) is 5.11 Å². The van der Waals surface area contributed by atoms with Crippen molar-refractivity contribution in [2.24, 2.45) is 0 Å². The zero-order chi connectivity index (χ0) is 13.7. The van der Waals surface area contributed by atoms with Gasteiger partial charge in [-0.1, -0.05) is 11.6 Å². The number of hydrogen-bond acceptors (Lipinski definition) is 3. The summed E-state index contributed by atoms with van der Waals surface area (Å²) in [7, 11) is 0. The third kappa shape index (κ3) is 2.47. The molecule has 4 heteroatoms. The SMILES string of the molecule is CC1(C)CC2(CCO1)C[C@@H](O)c1cc(Cl)ccc1O2. The molecule has 19 heavy (non-hydrogen) atoms. The molecule has 1 aromatic rings. The van der Waals surface area contributed by atoms with Gasteiger partial charge >= 0.3 is 0 Å². The maximum atomic E-state index is 10.4. The van der Waals surface area contributed by atoms with Crippen LogP contribution in [0.25, 0.3) is 0 Å². The van der Waals surface area contributed by atoms with Crippen LogP contribution in [0, 0.1) is 0 Å². The van der Waals surface area contributed by atoms with Crippen LogP contribution in [-0.2, 0) is 4.74 Å². The van der Waals surface area contributed by atoms with Gasteiger partial charge in [0.15, 0.2) is 0 Å². The van der Waals surface area contributed by atoms with Gasteiger partial charge in [-0.2, -0.15) is 0 Å². The van der Waals surface area contributed by atoms with Crippen molar-refractivity contribution in [1.82, 2.24) is 0 Å². The van der Waals surface area contributed by atoms with Crippen molar-refractivity contribution >= 4 is 11.6 Å². The fourth-order valence-corrected chi connectivity index (χ4v) is 3.48. The van der Waals surface area contributed by atoms with Gasteiger partial charge in [0.05, 0.1) is 18.3 Å². The lowest BCUT2D eigenvalue weighted by atomic mass is 9.77. The highest BCUT2D eigenvalue weighted by Crippen LogP contribution is 2.47. The van der Waals surface area contributed by atoms with E-state index in [0.717, 1.165) is 24.2 Å². The molecule has 1 saturated heterocycles. The van der Waals surface area contributed by atoms with Crippen molar-refractivity contribution in [2.45, 2.75) is 50.4 Å². The first kappa shape index (κ1) is 13.2. The number of benzene rings is 1. The molecule has 1 unspecified atom stereocenters. The molecule has 0 aliphatic carbocycles. The normalized spacial score (nSPS) is 32.7. The number of aliphatic hydroxyl groups excluding tert-OH is 1. The van der Waals surface area contributed by atoms with Crippen molar-refractivity contribution < 1.29 is 14.6 Å². The van der Waals surface area contributed by atoms with E-state index in [2.05, 4.69) is 13.8 Å². The molecule has 0 aromatic heterocycles. The minimum atomic E-state index is -0.517. The predicted octanol–water partition coefficient (Wildman–Crippen LogP) is 3.48. The second-order valence-corrected chi connectivity index (χ2v) is 6.66. The second kappa shape index (κ2) is 4.37. The molecule has 2 aliphatic heterocycles. The third-order valence-electron chi connectivity index (χ3n) is 4.02. The average Bonchev–Trinajstić information content (AvgIpc) is 2.29. The lowest BCUT2D eigenvalue weighted by Gasteiger charge is -2.48. The summed E-state index contributed by atoms with van der Waals surface area (Å²) in [4.78, 5) is 0. The van der Waals surface area contributed by atoms with Gasteiger partial charge in [-0.15, -0.1) is 0 Å². The molecule has 0 saturated carbocycles. The molecule has 2 aliphatic rings. The van der Waals surface area contributed by atoms with Gasteiger partial charge < -0.3 is 14.6 Å². The van der Waals surface area contributed by atoms with Crippen LogP contribution < -0.4 is 4.74 Å². The summed E-state index contributed by atoms with van der Waals surface area (Å²) in [6.07, 6.45) is 1.69. The predicted molar refractivity (Wildman–Crippen MR) is 73.7 cm³/mol. The summed E-state index contributed by atoms with van der Waals surface area (Å²) >= 11 is 5.98. The van der Waals surface area contributed by atoms with Crippen molar-refractivity contribution in [2.75, 3.05) is 6.61 Å². The number of rotatable bonds is 0. The average molecular weight is 283 g/mol. The molecule has 0 radical (unpaired) electrons. The maximum absolute atomic E-state index is 10.4. The van der Waals surface area contributed by atoms with Crippen LogP contribution in [0.4, 0.5) is 0 Å². The topological polar surface area (TPSA) is 38.7 Å². The van der Waals surface area contributed by atoms with Crippen LogP contribution in [0.3, 0.4) is 0 Å². The number of ether oxygens (including phenoxy) is 2. The zero-order valence-electron chi connectivity index (χ0n) is 11.3. The largest absolute Gasteiger partial charge is 0.487 e. The zero-order valence-corrected chi connectivity index (χ0v) is 12.0. The Morgan fingerprint density at radius 1 is 1.37 bits per heavy atom. The highest BCUT2D eigenvalue weighted by Gasteiger charge is 2.47. The lowest BCUT2D eigenvalue weighted by molar-refractivity contribution is -0.151. The molecule has 2 atom stereocenters. The smallest absolute Gasteiger partial charge is 0.126 e. The fraction of sp³-hybridized carbons (Fsp3) is 0.600. The number of fused-ring (bicyclic) bond motifs is 1. The Morgan fingerprint density at radius 3 is 2.89 bits per heavy atom. The minimum absolute atomic E-state index is 0.206. The van der Waals surface area contributed by atoms with Gasteiger partial charge in [0.1, 0.15) is 11.4 Å². The van der Waals surface area contributed by atoms with Crippen LogP contribution in [0.1, 0.15) is 44.8 Å². The molecule has 1 fully saturated rings. The van der Waals surface area contributed by atoms with Crippen molar-refractivity contribution in [3.05, 3.63) is 28.8 Å². The first-order valence-corrected chi connectivity index (χ1v) is 7.08. The van der Waals surface area contributed by atoms with Crippen LogP contribution in [0.15, 0.2) is 18.2 Å². The Kier molecular flexibility index (Phi) is 3.04. The quantitative estimate of drug-likeness (QED) is 0.792. The molecule has 2 heterocycles. The third-order valence-corrected chi connectivity index (χ3v) is 4.26. The fourth-order valence-electron chi connectivity index (χ4n) is 3.30.